The summed E-state index contributed by atoms with van der Waals surface area (Å²) in [5.74, 6) is -1.04. The van der Waals surface area contributed by atoms with Crippen molar-refractivity contribution >= 4 is 27.3 Å². The predicted molar refractivity (Wildman–Crippen MR) is 91.0 cm³/mol. The van der Waals surface area contributed by atoms with Crippen molar-refractivity contribution in [2.24, 2.45) is 0 Å². The van der Waals surface area contributed by atoms with Gasteiger partial charge in [0.05, 0.1) is 11.4 Å². The lowest BCUT2D eigenvalue weighted by atomic mass is 10.2. The summed E-state index contributed by atoms with van der Waals surface area (Å²) in [5.41, 5.74) is 1.54. The fourth-order valence-corrected chi connectivity index (χ4v) is 2.89. The largest absolute Gasteiger partial charge is 0.378 e. The number of benzene rings is 2. The van der Waals surface area contributed by atoms with Crippen molar-refractivity contribution in [1.29, 1.82) is 0 Å². The van der Waals surface area contributed by atoms with Crippen molar-refractivity contribution in [1.82, 2.24) is 4.72 Å². The van der Waals surface area contributed by atoms with Crippen LogP contribution in [0.25, 0.3) is 0 Å². The van der Waals surface area contributed by atoms with Gasteiger partial charge in [0.1, 0.15) is 5.82 Å². The third kappa shape index (κ3) is 4.77. The molecule has 0 heterocycles. The van der Waals surface area contributed by atoms with Crippen LogP contribution in [0.3, 0.4) is 0 Å². The molecule has 128 valence electrons. The Balaban J connectivity index is 1.93. The highest BCUT2D eigenvalue weighted by Crippen LogP contribution is 2.15. The number of nitrogens with one attached hydrogen (secondary N) is 2. The standard InChI is InChI=1S/C16H18FN3O3S/c1-20(2)14-7-5-13(6-8-14)19-16(21)11-18-24(22,23)15-9-3-12(17)4-10-15/h3-10,18H,11H2,1-2H3,(H,19,21). The molecule has 0 fully saturated rings. The van der Waals surface area contributed by atoms with Gasteiger partial charge >= 0.3 is 0 Å². The minimum Gasteiger partial charge on any atom is -0.378 e. The Labute approximate surface area is 140 Å². The number of carbonyl (C=O) groups is 1. The molecule has 0 bridgehead atoms. The van der Waals surface area contributed by atoms with Gasteiger partial charge in [0.2, 0.25) is 15.9 Å². The lowest BCUT2D eigenvalue weighted by molar-refractivity contribution is -0.115. The molecular formula is C16H18FN3O3S. The number of nitrogens with zero attached hydrogens (tertiary/aromatic N) is 1. The van der Waals surface area contributed by atoms with Gasteiger partial charge in [-0.1, -0.05) is 0 Å². The van der Waals surface area contributed by atoms with Gasteiger partial charge in [0, 0.05) is 25.5 Å². The first-order valence-corrected chi connectivity index (χ1v) is 8.59. The van der Waals surface area contributed by atoms with E-state index in [-0.39, 0.29) is 4.90 Å². The topological polar surface area (TPSA) is 78.5 Å². The lowest BCUT2D eigenvalue weighted by Crippen LogP contribution is -2.32. The third-order valence-corrected chi connectivity index (χ3v) is 4.63. The van der Waals surface area contributed by atoms with Crippen LogP contribution in [0.4, 0.5) is 15.8 Å². The second-order valence-electron chi connectivity index (χ2n) is 5.27. The van der Waals surface area contributed by atoms with Crippen LogP contribution in [-0.4, -0.2) is 35.0 Å². The summed E-state index contributed by atoms with van der Waals surface area (Å²) in [4.78, 5) is 13.7. The number of carbonyl (C=O) groups excluding carboxylic acids is 1. The Kier molecular flexibility index (Phi) is 5.53. The van der Waals surface area contributed by atoms with E-state index in [0.29, 0.717) is 5.69 Å². The molecule has 0 radical (unpaired) electrons. The quantitative estimate of drug-likeness (QED) is 0.832. The van der Waals surface area contributed by atoms with Crippen molar-refractivity contribution in [3.63, 3.8) is 0 Å². The van der Waals surface area contributed by atoms with E-state index in [2.05, 4.69) is 10.0 Å². The summed E-state index contributed by atoms with van der Waals surface area (Å²) in [5, 5.41) is 2.60. The molecule has 0 aromatic heterocycles. The van der Waals surface area contributed by atoms with Gasteiger partial charge in [-0.3, -0.25) is 4.79 Å². The van der Waals surface area contributed by atoms with Gasteiger partial charge in [0.15, 0.2) is 0 Å². The van der Waals surface area contributed by atoms with Gasteiger partial charge in [0.25, 0.3) is 0 Å². The smallest absolute Gasteiger partial charge is 0.241 e. The summed E-state index contributed by atoms with van der Waals surface area (Å²) in [6.07, 6.45) is 0. The first kappa shape index (κ1) is 17.9. The van der Waals surface area contributed by atoms with E-state index >= 15 is 0 Å². The van der Waals surface area contributed by atoms with E-state index in [1.807, 2.05) is 31.1 Å². The van der Waals surface area contributed by atoms with Crippen LogP contribution in [0.15, 0.2) is 53.4 Å². The number of hydrogen-bond acceptors (Lipinski definition) is 4. The fourth-order valence-electron chi connectivity index (χ4n) is 1.91. The van der Waals surface area contributed by atoms with Gasteiger partial charge < -0.3 is 10.2 Å². The average molecular weight is 351 g/mol. The molecule has 0 saturated heterocycles. The highest BCUT2D eigenvalue weighted by Gasteiger charge is 2.15. The molecular weight excluding hydrogens is 333 g/mol. The van der Waals surface area contributed by atoms with Crippen LogP contribution in [-0.2, 0) is 14.8 Å². The maximum absolute atomic E-state index is 12.8. The average Bonchev–Trinajstić information content (AvgIpc) is 2.54. The molecule has 2 N–H and O–H groups in total. The van der Waals surface area contributed by atoms with Crippen LogP contribution in [0, 0.1) is 5.82 Å². The third-order valence-electron chi connectivity index (χ3n) is 3.21. The molecule has 2 aromatic rings. The van der Waals surface area contributed by atoms with Gasteiger partial charge in [-0.2, -0.15) is 0 Å². The Bertz CT molecular complexity index is 803. The van der Waals surface area contributed by atoms with Crippen LogP contribution in [0.5, 0.6) is 0 Å². The normalized spacial score (nSPS) is 11.1. The molecule has 0 aliphatic rings. The zero-order valence-corrected chi connectivity index (χ0v) is 14.1. The molecule has 6 nitrogen and oxygen atoms in total. The van der Waals surface area contributed by atoms with Crippen LogP contribution < -0.4 is 14.9 Å². The van der Waals surface area contributed by atoms with Crippen molar-refractivity contribution in [2.45, 2.75) is 4.90 Å². The highest BCUT2D eigenvalue weighted by atomic mass is 32.2. The Hall–Kier alpha value is -2.45. The molecule has 1 amide bonds. The first-order valence-electron chi connectivity index (χ1n) is 7.10. The predicted octanol–water partition coefficient (Wildman–Crippen LogP) is 1.81. The molecule has 24 heavy (non-hydrogen) atoms. The molecule has 0 aliphatic carbocycles. The minimum absolute atomic E-state index is 0.105. The Morgan fingerprint density at radius 2 is 1.62 bits per heavy atom. The van der Waals surface area contributed by atoms with E-state index in [0.717, 1.165) is 30.0 Å². The van der Waals surface area contributed by atoms with Crippen molar-refractivity contribution in [2.75, 3.05) is 30.9 Å². The Morgan fingerprint density at radius 1 is 1.04 bits per heavy atom. The summed E-state index contributed by atoms with van der Waals surface area (Å²) >= 11 is 0. The summed E-state index contributed by atoms with van der Waals surface area (Å²) in [6, 6.07) is 11.5. The van der Waals surface area contributed by atoms with Gasteiger partial charge in [-0.05, 0) is 48.5 Å². The molecule has 0 unspecified atom stereocenters. The van der Waals surface area contributed by atoms with Crippen LogP contribution >= 0.6 is 0 Å². The van der Waals surface area contributed by atoms with Crippen molar-refractivity contribution in [3.8, 4) is 0 Å². The number of rotatable bonds is 6. The zero-order chi connectivity index (χ0) is 17.7. The number of sulfonamides is 1. The molecule has 8 heteroatoms. The second-order valence-corrected chi connectivity index (χ2v) is 7.03. The second kappa shape index (κ2) is 7.41. The lowest BCUT2D eigenvalue weighted by Gasteiger charge is -2.13. The van der Waals surface area contributed by atoms with E-state index in [1.54, 1.807) is 12.1 Å². The summed E-state index contributed by atoms with van der Waals surface area (Å²) in [6.45, 7) is -0.421. The number of anilines is 2. The number of halogens is 1. The van der Waals surface area contributed by atoms with Gasteiger partial charge in [-0.25, -0.2) is 17.5 Å². The molecule has 2 rings (SSSR count). The van der Waals surface area contributed by atoms with Gasteiger partial charge in [-0.15, -0.1) is 0 Å². The highest BCUT2D eigenvalue weighted by molar-refractivity contribution is 7.89. The summed E-state index contributed by atoms with van der Waals surface area (Å²) in [7, 11) is -0.0653. The molecule has 0 aliphatic heterocycles. The van der Waals surface area contributed by atoms with E-state index < -0.39 is 28.3 Å². The molecule has 2 aromatic carbocycles. The monoisotopic (exact) mass is 351 g/mol. The summed E-state index contributed by atoms with van der Waals surface area (Å²) < 4.78 is 39.0. The van der Waals surface area contributed by atoms with Crippen LogP contribution in [0.2, 0.25) is 0 Å². The van der Waals surface area contributed by atoms with Crippen LogP contribution in [0.1, 0.15) is 0 Å². The zero-order valence-electron chi connectivity index (χ0n) is 13.3. The molecule has 0 saturated carbocycles. The maximum Gasteiger partial charge on any atom is 0.241 e. The SMILES string of the molecule is CN(C)c1ccc(NC(=O)CNS(=O)(=O)c2ccc(F)cc2)cc1. The molecule has 0 atom stereocenters. The van der Waals surface area contributed by atoms with Crippen molar-refractivity contribution in [3.05, 3.63) is 54.3 Å². The fraction of sp³-hybridized carbons (Fsp3) is 0.188. The van der Waals surface area contributed by atoms with E-state index in [1.165, 1.54) is 0 Å². The maximum atomic E-state index is 12.8. The number of hydrogen-bond donors (Lipinski definition) is 2. The van der Waals surface area contributed by atoms with E-state index in [4.69, 9.17) is 0 Å². The number of amides is 1. The molecule has 0 spiro atoms. The van der Waals surface area contributed by atoms with E-state index in [9.17, 15) is 17.6 Å². The first-order chi connectivity index (χ1) is 11.3. The van der Waals surface area contributed by atoms with Crippen molar-refractivity contribution < 1.29 is 17.6 Å². The Morgan fingerprint density at radius 3 is 2.17 bits per heavy atom. The minimum atomic E-state index is -3.87.